The van der Waals surface area contributed by atoms with E-state index < -0.39 is 0 Å². The summed E-state index contributed by atoms with van der Waals surface area (Å²) in [7, 11) is 0. The average molecular weight is 241 g/mol. The first-order valence-corrected chi connectivity index (χ1v) is 6.94. The molecule has 0 saturated carbocycles. The Hall–Kier alpha value is -1.41. The Morgan fingerprint density at radius 1 is 1.35 bits per heavy atom. The summed E-state index contributed by atoms with van der Waals surface area (Å²) in [6.07, 6.45) is 9.88. The van der Waals surface area contributed by atoms with Gasteiger partial charge in [0.1, 0.15) is 5.01 Å². The average Bonchev–Trinajstić information content (AvgIpc) is 2.83. The van der Waals surface area contributed by atoms with Gasteiger partial charge in [0, 0.05) is 0 Å². The molecule has 2 heteroatoms. The van der Waals surface area contributed by atoms with Gasteiger partial charge in [-0.1, -0.05) is 37.3 Å². The molecule has 0 radical (unpaired) electrons. The lowest BCUT2D eigenvalue weighted by atomic mass is 10.1. The third-order valence-electron chi connectivity index (χ3n) is 3.17. The second-order valence-electron chi connectivity index (χ2n) is 4.30. The van der Waals surface area contributed by atoms with Crippen LogP contribution in [0.25, 0.3) is 15.8 Å². The van der Waals surface area contributed by atoms with E-state index >= 15 is 0 Å². The first kappa shape index (κ1) is 10.7. The number of hydrogen-bond acceptors (Lipinski definition) is 2. The molecule has 1 aliphatic rings. The van der Waals surface area contributed by atoms with Crippen molar-refractivity contribution in [2.45, 2.75) is 26.2 Å². The topological polar surface area (TPSA) is 12.9 Å². The molecule has 3 rings (SSSR count). The lowest BCUT2D eigenvalue weighted by molar-refractivity contribution is 1.05. The highest BCUT2D eigenvalue weighted by Crippen LogP contribution is 2.32. The van der Waals surface area contributed by atoms with Gasteiger partial charge in [-0.05, 0) is 36.5 Å². The maximum atomic E-state index is 4.82. The number of allylic oxidation sites excluding steroid dienone is 4. The number of aromatic nitrogens is 1. The highest BCUT2D eigenvalue weighted by molar-refractivity contribution is 7.19. The maximum absolute atomic E-state index is 4.82. The summed E-state index contributed by atoms with van der Waals surface area (Å²) in [5.74, 6) is 0. The van der Waals surface area contributed by atoms with E-state index in [0.29, 0.717) is 0 Å². The summed E-state index contributed by atoms with van der Waals surface area (Å²) >= 11 is 1.82. The quantitative estimate of drug-likeness (QED) is 0.749. The van der Waals surface area contributed by atoms with Crippen LogP contribution in [0, 0.1) is 0 Å². The SMILES string of the molecule is CCc1cccc2sc(C3=CC=CCC3)nc12. The van der Waals surface area contributed by atoms with Crippen LogP contribution in [0.5, 0.6) is 0 Å². The minimum absolute atomic E-state index is 1.06. The van der Waals surface area contributed by atoms with Crippen LogP contribution in [0.4, 0.5) is 0 Å². The molecule has 1 aromatic heterocycles. The number of hydrogen-bond donors (Lipinski definition) is 0. The van der Waals surface area contributed by atoms with E-state index in [1.165, 1.54) is 26.4 Å². The van der Waals surface area contributed by atoms with E-state index in [2.05, 4.69) is 43.4 Å². The number of rotatable bonds is 2. The lowest BCUT2D eigenvalue weighted by Gasteiger charge is -2.04. The minimum Gasteiger partial charge on any atom is -0.236 e. The monoisotopic (exact) mass is 241 g/mol. The van der Waals surface area contributed by atoms with Gasteiger partial charge in [-0.25, -0.2) is 4.98 Å². The van der Waals surface area contributed by atoms with Crippen LogP contribution in [0.2, 0.25) is 0 Å². The van der Waals surface area contributed by atoms with Crippen molar-refractivity contribution in [2.24, 2.45) is 0 Å². The summed E-state index contributed by atoms with van der Waals surface area (Å²) in [6.45, 7) is 2.19. The largest absolute Gasteiger partial charge is 0.236 e. The van der Waals surface area contributed by atoms with Gasteiger partial charge in [-0.15, -0.1) is 11.3 Å². The van der Waals surface area contributed by atoms with Crippen molar-refractivity contribution >= 4 is 27.1 Å². The van der Waals surface area contributed by atoms with Gasteiger partial charge >= 0.3 is 0 Å². The third kappa shape index (κ3) is 1.93. The van der Waals surface area contributed by atoms with Gasteiger partial charge in [0.25, 0.3) is 0 Å². The number of thiazole rings is 1. The van der Waals surface area contributed by atoms with E-state index in [-0.39, 0.29) is 0 Å². The number of benzene rings is 1. The van der Waals surface area contributed by atoms with Gasteiger partial charge in [-0.3, -0.25) is 0 Å². The van der Waals surface area contributed by atoms with Gasteiger partial charge in [0.05, 0.1) is 10.2 Å². The van der Waals surface area contributed by atoms with Crippen molar-refractivity contribution in [3.63, 3.8) is 0 Å². The van der Waals surface area contributed by atoms with Crippen LogP contribution in [0.3, 0.4) is 0 Å². The van der Waals surface area contributed by atoms with Crippen LogP contribution in [-0.2, 0) is 6.42 Å². The van der Waals surface area contributed by atoms with Crippen molar-refractivity contribution in [3.8, 4) is 0 Å². The molecular weight excluding hydrogens is 226 g/mol. The Morgan fingerprint density at radius 2 is 2.29 bits per heavy atom. The Bertz CT molecular complexity index is 604. The van der Waals surface area contributed by atoms with Crippen LogP contribution >= 0.6 is 11.3 Å². The number of nitrogens with zero attached hydrogens (tertiary/aromatic N) is 1. The molecule has 0 N–H and O–H groups in total. The predicted octanol–water partition coefficient (Wildman–Crippen LogP) is 4.59. The van der Waals surface area contributed by atoms with Crippen LogP contribution in [0.15, 0.2) is 36.4 Å². The smallest absolute Gasteiger partial charge is 0.120 e. The molecule has 2 aromatic rings. The zero-order valence-corrected chi connectivity index (χ0v) is 10.8. The van der Waals surface area contributed by atoms with Crippen molar-refractivity contribution in [1.82, 2.24) is 4.98 Å². The molecule has 0 aliphatic heterocycles. The van der Waals surface area contributed by atoms with Crippen LogP contribution in [0.1, 0.15) is 30.3 Å². The number of fused-ring (bicyclic) bond motifs is 1. The fourth-order valence-electron chi connectivity index (χ4n) is 2.21. The fraction of sp³-hybridized carbons (Fsp3) is 0.267. The highest BCUT2D eigenvalue weighted by Gasteiger charge is 2.11. The fourth-order valence-corrected chi connectivity index (χ4v) is 3.28. The molecule has 0 saturated heterocycles. The number of aryl methyl sites for hydroxylation is 1. The summed E-state index contributed by atoms with van der Waals surface area (Å²) < 4.78 is 1.31. The molecule has 0 amide bonds. The molecule has 17 heavy (non-hydrogen) atoms. The summed E-state index contributed by atoms with van der Waals surface area (Å²) in [6, 6.07) is 6.49. The Balaban J connectivity index is 2.13. The molecule has 0 spiro atoms. The normalized spacial score (nSPS) is 15.2. The van der Waals surface area contributed by atoms with E-state index in [4.69, 9.17) is 4.98 Å². The van der Waals surface area contributed by atoms with E-state index in [9.17, 15) is 0 Å². The molecular formula is C15H15NS. The lowest BCUT2D eigenvalue weighted by Crippen LogP contribution is -1.87. The zero-order valence-electron chi connectivity index (χ0n) is 9.94. The molecule has 0 unspecified atom stereocenters. The molecule has 0 bridgehead atoms. The van der Waals surface area contributed by atoms with Crippen molar-refractivity contribution < 1.29 is 0 Å². The van der Waals surface area contributed by atoms with Gasteiger partial charge < -0.3 is 0 Å². The molecule has 86 valence electrons. The van der Waals surface area contributed by atoms with Gasteiger partial charge in [0.15, 0.2) is 0 Å². The first-order valence-electron chi connectivity index (χ1n) is 6.13. The molecule has 1 nitrogen and oxygen atoms in total. The van der Waals surface area contributed by atoms with E-state index in [1.807, 2.05) is 11.3 Å². The molecule has 1 aliphatic carbocycles. The van der Waals surface area contributed by atoms with Gasteiger partial charge in [-0.2, -0.15) is 0 Å². The van der Waals surface area contributed by atoms with E-state index in [0.717, 1.165) is 19.3 Å². The standard InChI is InChI=1S/C15H15NS/c1-2-11-9-6-10-13-14(11)16-15(17-13)12-7-4-3-5-8-12/h3-4,6-7,9-10H,2,5,8H2,1H3. The third-order valence-corrected chi connectivity index (χ3v) is 4.27. The molecule has 1 aromatic carbocycles. The van der Waals surface area contributed by atoms with Crippen LogP contribution in [-0.4, -0.2) is 4.98 Å². The van der Waals surface area contributed by atoms with Gasteiger partial charge in [0.2, 0.25) is 0 Å². The molecule has 0 atom stereocenters. The second kappa shape index (κ2) is 4.46. The van der Waals surface area contributed by atoms with Crippen molar-refractivity contribution in [1.29, 1.82) is 0 Å². The summed E-state index contributed by atoms with van der Waals surface area (Å²) in [5, 5.41) is 1.20. The minimum atomic E-state index is 1.06. The summed E-state index contributed by atoms with van der Waals surface area (Å²) in [5.41, 5.74) is 3.94. The molecule has 1 heterocycles. The molecule has 0 fully saturated rings. The van der Waals surface area contributed by atoms with E-state index in [1.54, 1.807) is 0 Å². The maximum Gasteiger partial charge on any atom is 0.120 e. The van der Waals surface area contributed by atoms with Crippen molar-refractivity contribution in [2.75, 3.05) is 0 Å². The number of para-hydroxylation sites is 1. The zero-order chi connectivity index (χ0) is 11.7. The predicted molar refractivity (Wildman–Crippen MR) is 75.3 cm³/mol. The summed E-state index contributed by atoms with van der Waals surface area (Å²) in [4.78, 5) is 4.82. The highest BCUT2D eigenvalue weighted by atomic mass is 32.1. The second-order valence-corrected chi connectivity index (χ2v) is 5.33. The Morgan fingerprint density at radius 3 is 3.06 bits per heavy atom. The Kier molecular flexibility index (Phi) is 2.81. The first-order chi connectivity index (χ1) is 8.38. The van der Waals surface area contributed by atoms with Crippen LogP contribution < -0.4 is 0 Å². The van der Waals surface area contributed by atoms with Crippen molar-refractivity contribution in [3.05, 3.63) is 47.0 Å². The Labute approximate surface area is 106 Å².